The minimum atomic E-state index is -1.06. The van der Waals surface area contributed by atoms with E-state index in [4.69, 9.17) is 4.74 Å². The Bertz CT molecular complexity index is 795. The molecule has 2 aliphatic rings. The molecule has 2 fully saturated rings. The lowest BCUT2D eigenvalue weighted by atomic mass is 10.1. The zero-order valence-corrected chi connectivity index (χ0v) is 15.9. The van der Waals surface area contributed by atoms with Crippen molar-refractivity contribution in [2.24, 2.45) is 0 Å². The largest absolute Gasteiger partial charge is 0.449 e. The van der Waals surface area contributed by atoms with Gasteiger partial charge in [-0.15, -0.1) is 11.8 Å². The number of hydrogen-bond acceptors (Lipinski definition) is 6. The summed E-state index contributed by atoms with van der Waals surface area (Å²) in [6.45, 7) is 3.15. The average Bonchev–Trinajstić information content (AvgIpc) is 3.39. The molecule has 8 nitrogen and oxygen atoms in total. The minimum Gasteiger partial charge on any atom is -0.449 e. The van der Waals surface area contributed by atoms with E-state index < -0.39 is 29.6 Å². The molecule has 144 valence electrons. The van der Waals surface area contributed by atoms with Crippen LogP contribution in [0.25, 0.3) is 0 Å². The van der Waals surface area contributed by atoms with Crippen LogP contribution < -0.4 is 16.0 Å². The molecule has 3 N–H and O–H groups in total. The summed E-state index contributed by atoms with van der Waals surface area (Å²) in [6.07, 6.45) is 1.01. The van der Waals surface area contributed by atoms with Gasteiger partial charge >= 0.3 is 12.0 Å². The number of hydrogen-bond donors (Lipinski definition) is 3. The van der Waals surface area contributed by atoms with Crippen LogP contribution in [-0.4, -0.2) is 47.3 Å². The smallest absolute Gasteiger partial charge is 0.340 e. The van der Waals surface area contributed by atoms with Gasteiger partial charge in [0.2, 0.25) is 0 Å². The normalized spacial score (nSPS) is 22.6. The molecule has 1 saturated heterocycles. The number of nitrogens with one attached hydrogen (secondary N) is 3. The van der Waals surface area contributed by atoms with E-state index in [1.54, 1.807) is 31.2 Å². The predicted molar refractivity (Wildman–Crippen MR) is 98.3 cm³/mol. The second-order valence-electron chi connectivity index (χ2n) is 6.86. The van der Waals surface area contributed by atoms with E-state index in [0.717, 1.165) is 12.8 Å². The Hall–Kier alpha value is -2.55. The number of thioether (sulfide) groups is 1. The van der Waals surface area contributed by atoms with E-state index in [0.29, 0.717) is 10.5 Å². The molecular weight excluding hydrogens is 370 g/mol. The van der Waals surface area contributed by atoms with Gasteiger partial charge in [0.25, 0.3) is 11.8 Å². The first-order valence-electron chi connectivity index (χ1n) is 8.65. The highest BCUT2D eigenvalue weighted by atomic mass is 32.2. The lowest BCUT2D eigenvalue weighted by Gasteiger charge is -2.20. The number of imide groups is 1. The van der Waals surface area contributed by atoms with Crippen LogP contribution in [0.5, 0.6) is 0 Å². The second kappa shape index (κ2) is 7.59. The molecule has 1 heterocycles. The number of carbonyl (C=O) groups excluding carboxylic acids is 4. The Labute approximate surface area is 160 Å². The van der Waals surface area contributed by atoms with Crippen molar-refractivity contribution < 1.29 is 23.9 Å². The number of amides is 4. The number of urea groups is 1. The number of carbonyl (C=O) groups is 4. The van der Waals surface area contributed by atoms with E-state index in [1.165, 1.54) is 18.7 Å². The first-order chi connectivity index (χ1) is 12.8. The van der Waals surface area contributed by atoms with Gasteiger partial charge in [0, 0.05) is 16.7 Å². The van der Waals surface area contributed by atoms with Crippen LogP contribution in [0.1, 0.15) is 37.0 Å². The zero-order chi connectivity index (χ0) is 19.6. The topological polar surface area (TPSA) is 114 Å². The van der Waals surface area contributed by atoms with Crippen LogP contribution in [0.15, 0.2) is 29.2 Å². The molecule has 2 atom stereocenters. The third-order valence-corrected chi connectivity index (χ3v) is 5.71. The minimum absolute atomic E-state index is 0.190. The molecule has 9 heteroatoms. The van der Waals surface area contributed by atoms with Gasteiger partial charge in [-0.25, -0.2) is 9.59 Å². The van der Waals surface area contributed by atoms with Gasteiger partial charge in [0.15, 0.2) is 6.10 Å². The second-order valence-corrected chi connectivity index (χ2v) is 7.87. The molecule has 0 unspecified atom stereocenters. The van der Waals surface area contributed by atoms with E-state index in [-0.39, 0.29) is 17.7 Å². The highest BCUT2D eigenvalue weighted by Crippen LogP contribution is 2.28. The van der Waals surface area contributed by atoms with Crippen molar-refractivity contribution in [3.05, 3.63) is 29.8 Å². The van der Waals surface area contributed by atoms with Crippen molar-refractivity contribution in [1.29, 1.82) is 0 Å². The standard InChI is InChI=1S/C18H21N3O5S/c1-10(14(22)19-11-7-8-11)26-15(23)12-5-3-4-6-13(12)27-9-18(2)16(24)20-17(25)21-18/h3-6,10-11H,7-9H2,1-2H3,(H,19,22)(H2,20,21,24,25)/t10-,18-/m1/s1. The summed E-state index contributed by atoms with van der Waals surface area (Å²) in [5, 5.41) is 7.58. The first-order valence-corrected chi connectivity index (χ1v) is 9.64. The fraction of sp³-hybridized carbons (Fsp3) is 0.444. The van der Waals surface area contributed by atoms with Gasteiger partial charge in [-0.1, -0.05) is 12.1 Å². The Balaban J connectivity index is 1.64. The average molecular weight is 391 g/mol. The zero-order valence-electron chi connectivity index (χ0n) is 15.0. The monoisotopic (exact) mass is 391 g/mol. The third kappa shape index (κ3) is 4.60. The van der Waals surface area contributed by atoms with E-state index in [1.807, 2.05) is 0 Å². The van der Waals surface area contributed by atoms with Crippen molar-refractivity contribution in [2.75, 3.05) is 5.75 Å². The number of benzene rings is 1. The maximum Gasteiger partial charge on any atom is 0.340 e. The van der Waals surface area contributed by atoms with E-state index in [2.05, 4.69) is 16.0 Å². The Morgan fingerprint density at radius 3 is 2.67 bits per heavy atom. The van der Waals surface area contributed by atoms with Gasteiger partial charge in [0.1, 0.15) is 5.54 Å². The van der Waals surface area contributed by atoms with Gasteiger partial charge in [-0.05, 0) is 38.8 Å². The highest BCUT2D eigenvalue weighted by Gasteiger charge is 2.42. The van der Waals surface area contributed by atoms with Crippen molar-refractivity contribution in [1.82, 2.24) is 16.0 Å². The molecule has 1 aliphatic heterocycles. The predicted octanol–water partition coefficient (Wildman–Crippen LogP) is 1.20. The van der Waals surface area contributed by atoms with Gasteiger partial charge < -0.3 is 15.4 Å². The molecule has 27 heavy (non-hydrogen) atoms. The van der Waals surface area contributed by atoms with Crippen LogP contribution in [-0.2, 0) is 14.3 Å². The third-order valence-electron chi connectivity index (χ3n) is 4.32. The Morgan fingerprint density at radius 1 is 1.33 bits per heavy atom. The lowest BCUT2D eigenvalue weighted by Crippen LogP contribution is -2.46. The van der Waals surface area contributed by atoms with Crippen LogP contribution in [0, 0.1) is 0 Å². The molecule has 0 radical (unpaired) electrons. The molecular formula is C18H21N3O5S. The van der Waals surface area contributed by atoms with E-state index >= 15 is 0 Å². The molecule has 4 amide bonds. The fourth-order valence-electron chi connectivity index (χ4n) is 2.49. The molecule has 1 aromatic carbocycles. The van der Waals surface area contributed by atoms with Crippen molar-refractivity contribution in [3.63, 3.8) is 0 Å². The molecule has 0 bridgehead atoms. The summed E-state index contributed by atoms with van der Waals surface area (Å²) in [5.74, 6) is -1.09. The maximum absolute atomic E-state index is 12.5. The number of esters is 1. The van der Waals surface area contributed by atoms with Gasteiger partial charge in [-0.3, -0.25) is 14.9 Å². The molecule has 1 saturated carbocycles. The van der Waals surface area contributed by atoms with Crippen LogP contribution in [0.3, 0.4) is 0 Å². The lowest BCUT2D eigenvalue weighted by molar-refractivity contribution is -0.129. The summed E-state index contributed by atoms with van der Waals surface area (Å²) >= 11 is 1.26. The molecule has 0 aromatic heterocycles. The maximum atomic E-state index is 12.5. The molecule has 0 spiro atoms. The summed E-state index contributed by atoms with van der Waals surface area (Å²) in [7, 11) is 0. The number of rotatable bonds is 7. The summed E-state index contributed by atoms with van der Waals surface area (Å²) in [6, 6.07) is 6.45. The van der Waals surface area contributed by atoms with Crippen LogP contribution in [0.2, 0.25) is 0 Å². The van der Waals surface area contributed by atoms with Gasteiger partial charge in [0.05, 0.1) is 5.56 Å². The summed E-state index contributed by atoms with van der Waals surface area (Å²) < 4.78 is 5.29. The first kappa shape index (κ1) is 19.2. The van der Waals surface area contributed by atoms with Crippen LogP contribution in [0.4, 0.5) is 4.79 Å². The quantitative estimate of drug-likeness (QED) is 0.366. The van der Waals surface area contributed by atoms with Crippen molar-refractivity contribution >= 4 is 35.6 Å². The van der Waals surface area contributed by atoms with Crippen LogP contribution >= 0.6 is 11.8 Å². The fourth-order valence-corrected chi connectivity index (χ4v) is 3.62. The Kier molecular flexibility index (Phi) is 5.41. The highest BCUT2D eigenvalue weighted by molar-refractivity contribution is 7.99. The Morgan fingerprint density at radius 2 is 2.04 bits per heavy atom. The molecule has 3 rings (SSSR count). The van der Waals surface area contributed by atoms with E-state index in [9.17, 15) is 19.2 Å². The molecule has 1 aromatic rings. The number of ether oxygens (including phenoxy) is 1. The summed E-state index contributed by atoms with van der Waals surface area (Å²) in [4.78, 5) is 48.4. The van der Waals surface area contributed by atoms with Crippen molar-refractivity contribution in [3.8, 4) is 0 Å². The molecule has 1 aliphatic carbocycles. The van der Waals surface area contributed by atoms with Crippen molar-refractivity contribution in [2.45, 2.75) is 49.3 Å². The SMILES string of the molecule is C[C@@H](OC(=O)c1ccccc1SC[C@@]1(C)NC(=O)NC1=O)C(=O)NC1CC1. The summed E-state index contributed by atoms with van der Waals surface area (Å²) in [5.41, 5.74) is -0.752. The van der Waals surface area contributed by atoms with Gasteiger partial charge in [-0.2, -0.15) is 0 Å².